The zero-order valence-electron chi connectivity index (χ0n) is 18.0. The lowest BCUT2D eigenvalue weighted by atomic mass is 9.84. The third-order valence-electron chi connectivity index (χ3n) is 4.88. The molecular formula is C25H34O6. The molecular weight excluding hydrogens is 396 g/mol. The van der Waals surface area contributed by atoms with Gasteiger partial charge in [0.1, 0.15) is 36.6 Å². The van der Waals surface area contributed by atoms with Crippen LogP contribution in [0.5, 0.6) is 0 Å². The number of aliphatic hydroxyl groups is 1. The van der Waals surface area contributed by atoms with Crippen LogP contribution in [0.1, 0.15) is 5.56 Å². The lowest BCUT2D eigenvalue weighted by Gasteiger charge is -2.48. The van der Waals surface area contributed by atoms with Crippen LogP contribution in [0.3, 0.4) is 0 Å². The normalized spacial score (nSPS) is 28.0. The molecule has 6 heteroatoms. The van der Waals surface area contributed by atoms with E-state index in [2.05, 4.69) is 26.3 Å². The van der Waals surface area contributed by atoms with Crippen molar-refractivity contribution in [2.24, 2.45) is 0 Å². The summed E-state index contributed by atoms with van der Waals surface area (Å²) in [7, 11) is 0. The van der Waals surface area contributed by atoms with Gasteiger partial charge in [-0.2, -0.15) is 0 Å². The summed E-state index contributed by atoms with van der Waals surface area (Å²) in [6, 6.07) is 9.78. The molecule has 1 N–H and O–H groups in total. The quantitative estimate of drug-likeness (QED) is 0.431. The molecule has 2 rings (SSSR count). The van der Waals surface area contributed by atoms with E-state index < -0.39 is 36.6 Å². The number of hydrogen-bond donors (Lipinski definition) is 1. The largest absolute Gasteiger partial charge is 0.387 e. The maximum atomic E-state index is 11.2. The van der Waals surface area contributed by atoms with Crippen molar-refractivity contribution in [2.45, 2.75) is 43.2 Å². The Labute approximate surface area is 185 Å². The van der Waals surface area contributed by atoms with Crippen LogP contribution in [0, 0.1) is 0 Å². The summed E-state index contributed by atoms with van der Waals surface area (Å²) in [5, 5.41) is 11.2. The van der Waals surface area contributed by atoms with Gasteiger partial charge in [-0.15, -0.1) is 26.3 Å². The molecule has 1 aliphatic carbocycles. The Morgan fingerprint density at radius 1 is 0.613 bits per heavy atom. The first kappa shape index (κ1) is 25.2. The summed E-state index contributed by atoms with van der Waals surface area (Å²) in [4.78, 5) is 0. The molecule has 0 radical (unpaired) electrons. The predicted octanol–water partition coefficient (Wildman–Crippen LogP) is 3.23. The maximum absolute atomic E-state index is 11.2. The van der Waals surface area contributed by atoms with Gasteiger partial charge in [0.2, 0.25) is 0 Å². The number of ether oxygens (including phenoxy) is 5. The standard InChI is InChI=1S/C25H34O6/c1-5-14-27-21-20(26)22(28-15-6-2)24(31-18-19-12-10-9-11-13-19)25(30-17-8-4)23(21)29-16-7-3/h5-13,20-26H,1-4,14-18H2/t20-,21+,22-,23-,24+,25+/m0/s1. The van der Waals surface area contributed by atoms with Crippen molar-refractivity contribution in [2.75, 3.05) is 26.4 Å². The van der Waals surface area contributed by atoms with Crippen molar-refractivity contribution in [1.82, 2.24) is 0 Å². The first-order chi connectivity index (χ1) is 15.2. The van der Waals surface area contributed by atoms with Crippen molar-refractivity contribution in [3.8, 4) is 0 Å². The van der Waals surface area contributed by atoms with Crippen LogP contribution in [-0.4, -0.2) is 68.2 Å². The Morgan fingerprint density at radius 3 is 1.45 bits per heavy atom. The molecule has 0 heterocycles. The minimum absolute atomic E-state index is 0.244. The molecule has 6 nitrogen and oxygen atoms in total. The van der Waals surface area contributed by atoms with E-state index in [0.717, 1.165) is 5.56 Å². The lowest BCUT2D eigenvalue weighted by Crippen LogP contribution is -2.67. The minimum atomic E-state index is -1.01. The van der Waals surface area contributed by atoms with Crippen molar-refractivity contribution < 1.29 is 28.8 Å². The van der Waals surface area contributed by atoms with E-state index in [0.29, 0.717) is 6.61 Å². The molecule has 0 aromatic heterocycles. The van der Waals surface area contributed by atoms with Crippen molar-refractivity contribution in [1.29, 1.82) is 0 Å². The monoisotopic (exact) mass is 430 g/mol. The summed E-state index contributed by atoms with van der Waals surface area (Å²) in [6.45, 7) is 16.2. The summed E-state index contributed by atoms with van der Waals surface area (Å²) < 4.78 is 30.2. The molecule has 0 saturated heterocycles. The first-order valence-corrected chi connectivity index (χ1v) is 10.4. The van der Waals surface area contributed by atoms with Gasteiger partial charge in [-0.25, -0.2) is 0 Å². The molecule has 0 spiro atoms. The van der Waals surface area contributed by atoms with E-state index in [9.17, 15) is 5.11 Å². The molecule has 6 atom stereocenters. The van der Waals surface area contributed by atoms with Crippen LogP contribution in [-0.2, 0) is 30.3 Å². The van der Waals surface area contributed by atoms with Gasteiger partial charge in [0.25, 0.3) is 0 Å². The van der Waals surface area contributed by atoms with Gasteiger partial charge < -0.3 is 28.8 Å². The number of benzene rings is 1. The average molecular weight is 431 g/mol. The lowest BCUT2D eigenvalue weighted by molar-refractivity contribution is -0.269. The molecule has 0 aliphatic heterocycles. The van der Waals surface area contributed by atoms with Crippen LogP contribution < -0.4 is 0 Å². The van der Waals surface area contributed by atoms with Gasteiger partial charge in [0, 0.05) is 0 Å². The summed E-state index contributed by atoms with van der Waals surface area (Å²) >= 11 is 0. The number of aliphatic hydroxyl groups excluding tert-OH is 1. The Kier molecular flexibility index (Phi) is 11.5. The van der Waals surface area contributed by atoms with Gasteiger partial charge in [0.15, 0.2) is 0 Å². The molecule has 1 aromatic rings. The minimum Gasteiger partial charge on any atom is -0.387 e. The topological polar surface area (TPSA) is 66.4 Å². The fourth-order valence-electron chi connectivity index (χ4n) is 3.58. The van der Waals surface area contributed by atoms with Gasteiger partial charge in [-0.1, -0.05) is 54.6 Å². The molecule has 1 saturated carbocycles. The Morgan fingerprint density at radius 2 is 1.00 bits per heavy atom. The third-order valence-corrected chi connectivity index (χ3v) is 4.88. The van der Waals surface area contributed by atoms with Crippen LogP contribution >= 0.6 is 0 Å². The molecule has 31 heavy (non-hydrogen) atoms. The highest BCUT2D eigenvalue weighted by atomic mass is 16.6. The zero-order valence-corrected chi connectivity index (χ0v) is 18.0. The molecule has 1 fully saturated rings. The smallest absolute Gasteiger partial charge is 0.116 e. The fraction of sp³-hybridized carbons (Fsp3) is 0.440. The van der Waals surface area contributed by atoms with E-state index in [1.54, 1.807) is 24.3 Å². The molecule has 170 valence electrons. The number of hydrogen-bond acceptors (Lipinski definition) is 6. The Balaban J connectivity index is 2.36. The Bertz CT molecular complexity index is 676. The van der Waals surface area contributed by atoms with Crippen LogP contribution in [0.2, 0.25) is 0 Å². The van der Waals surface area contributed by atoms with Crippen LogP contribution in [0.4, 0.5) is 0 Å². The molecule has 1 aromatic carbocycles. The van der Waals surface area contributed by atoms with Crippen molar-refractivity contribution in [3.05, 3.63) is 86.5 Å². The second-order valence-electron chi connectivity index (χ2n) is 7.10. The SMILES string of the molecule is C=CCO[C@@H]1[C@@H](OCC=C)[C@H](OCC=C)[C@H](O)[C@H](OCC=C)[C@H]1OCc1ccccc1. The fourth-order valence-corrected chi connectivity index (χ4v) is 3.58. The second kappa shape index (κ2) is 14.1. The molecule has 0 bridgehead atoms. The summed E-state index contributed by atoms with van der Waals surface area (Å²) in [6.07, 6.45) is 2.30. The van der Waals surface area contributed by atoms with Crippen LogP contribution in [0.25, 0.3) is 0 Å². The molecule has 0 unspecified atom stereocenters. The van der Waals surface area contributed by atoms with E-state index in [4.69, 9.17) is 23.7 Å². The predicted molar refractivity (Wildman–Crippen MR) is 121 cm³/mol. The highest BCUT2D eigenvalue weighted by Gasteiger charge is 2.53. The maximum Gasteiger partial charge on any atom is 0.116 e. The van der Waals surface area contributed by atoms with E-state index in [-0.39, 0.29) is 26.4 Å². The van der Waals surface area contributed by atoms with E-state index >= 15 is 0 Å². The highest BCUT2D eigenvalue weighted by molar-refractivity contribution is 5.14. The molecule has 1 aliphatic rings. The summed E-state index contributed by atoms with van der Waals surface area (Å²) in [5.74, 6) is 0. The molecule has 0 amide bonds. The first-order valence-electron chi connectivity index (χ1n) is 10.4. The van der Waals surface area contributed by atoms with Gasteiger partial charge in [-0.3, -0.25) is 0 Å². The zero-order chi connectivity index (χ0) is 22.5. The van der Waals surface area contributed by atoms with Gasteiger partial charge in [0.05, 0.1) is 33.0 Å². The highest BCUT2D eigenvalue weighted by Crippen LogP contribution is 2.32. The van der Waals surface area contributed by atoms with Crippen molar-refractivity contribution >= 4 is 0 Å². The summed E-state index contributed by atoms with van der Waals surface area (Å²) in [5.41, 5.74) is 0.996. The third kappa shape index (κ3) is 7.25. The van der Waals surface area contributed by atoms with E-state index in [1.165, 1.54) is 0 Å². The Hall–Kier alpha value is -2.06. The number of rotatable bonds is 15. The average Bonchev–Trinajstić information content (AvgIpc) is 2.80. The van der Waals surface area contributed by atoms with Gasteiger partial charge in [-0.05, 0) is 5.56 Å². The van der Waals surface area contributed by atoms with Gasteiger partial charge >= 0.3 is 0 Å². The van der Waals surface area contributed by atoms with E-state index in [1.807, 2.05) is 30.3 Å². The van der Waals surface area contributed by atoms with Crippen LogP contribution in [0.15, 0.2) is 81.0 Å². The van der Waals surface area contributed by atoms with Crippen molar-refractivity contribution in [3.63, 3.8) is 0 Å². The second-order valence-corrected chi connectivity index (χ2v) is 7.10.